The highest BCUT2D eigenvalue weighted by atomic mass is 16.2. The fraction of sp³-hybridized carbons (Fsp3) is 0.364. The molecule has 0 saturated carbocycles. The van der Waals surface area contributed by atoms with Gasteiger partial charge in [-0.1, -0.05) is 56.3 Å². The maximum atomic E-state index is 12.3. The molecular formula is C22H28N2O2. The van der Waals surface area contributed by atoms with E-state index in [1.54, 1.807) is 24.1 Å². The molecule has 1 N–H and O–H groups in total. The number of benzene rings is 2. The number of carbonyl (C=O) groups is 2. The van der Waals surface area contributed by atoms with E-state index in [0.717, 1.165) is 17.5 Å². The molecule has 0 radical (unpaired) electrons. The summed E-state index contributed by atoms with van der Waals surface area (Å²) in [5, 5.41) is 2.72. The SMILES string of the molecule is CC(C)C[C@H](C)N(C)C(=O)CNC(=O)c1ccc(-c2ccccc2)cc1. The van der Waals surface area contributed by atoms with E-state index >= 15 is 0 Å². The first kappa shape index (κ1) is 19.7. The Morgan fingerprint density at radius 1 is 0.923 bits per heavy atom. The van der Waals surface area contributed by atoms with Crippen molar-refractivity contribution in [3.63, 3.8) is 0 Å². The van der Waals surface area contributed by atoms with E-state index in [4.69, 9.17) is 0 Å². The highest BCUT2D eigenvalue weighted by Crippen LogP contribution is 2.19. The molecular weight excluding hydrogens is 324 g/mol. The van der Waals surface area contributed by atoms with Crippen LogP contribution in [0, 0.1) is 5.92 Å². The molecule has 4 nitrogen and oxygen atoms in total. The standard InChI is InChI=1S/C22H28N2O2/c1-16(2)14-17(3)24(4)21(25)15-23-22(26)20-12-10-19(11-13-20)18-8-6-5-7-9-18/h5-13,16-17H,14-15H2,1-4H3,(H,23,26)/t17-/m0/s1. The zero-order valence-electron chi connectivity index (χ0n) is 16.0. The summed E-state index contributed by atoms with van der Waals surface area (Å²) < 4.78 is 0. The van der Waals surface area contributed by atoms with Gasteiger partial charge in [0.2, 0.25) is 5.91 Å². The predicted molar refractivity (Wildman–Crippen MR) is 106 cm³/mol. The van der Waals surface area contributed by atoms with Gasteiger partial charge in [-0.15, -0.1) is 0 Å². The number of carbonyl (C=O) groups excluding carboxylic acids is 2. The number of hydrogen-bond acceptors (Lipinski definition) is 2. The first-order chi connectivity index (χ1) is 12.4. The van der Waals surface area contributed by atoms with E-state index in [0.29, 0.717) is 11.5 Å². The zero-order chi connectivity index (χ0) is 19.1. The van der Waals surface area contributed by atoms with Gasteiger partial charge in [0.15, 0.2) is 0 Å². The molecule has 4 heteroatoms. The lowest BCUT2D eigenvalue weighted by Crippen LogP contribution is -2.42. The Balaban J connectivity index is 1.90. The van der Waals surface area contributed by atoms with Crippen LogP contribution in [0.4, 0.5) is 0 Å². The zero-order valence-corrected chi connectivity index (χ0v) is 16.0. The van der Waals surface area contributed by atoms with Crippen LogP contribution >= 0.6 is 0 Å². The van der Waals surface area contributed by atoms with Gasteiger partial charge in [-0.25, -0.2) is 0 Å². The summed E-state index contributed by atoms with van der Waals surface area (Å²) in [4.78, 5) is 26.2. The lowest BCUT2D eigenvalue weighted by molar-refractivity contribution is -0.130. The molecule has 2 rings (SSSR count). The van der Waals surface area contributed by atoms with Crippen molar-refractivity contribution < 1.29 is 9.59 Å². The normalized spacial score (nSPS) is 11.9. The van der Waals surface area contributed by atoms with Crippen LogP contribution in [-0.4, -0.2) is 36.3 Å². The smallest absolute Gasteiger partial charge is 0.251 e. The lowest BCUT2D eigenvalue weighted by atomic mass is 10.0. The maximum Gasteiger partial charge on any atom is 0.251 e. The molecule has 0 unspecified atom stereocenters. The third-order valence-corrected chi connectivity index (χ3v) is 4.52. The number of nitrogens with zero attached hydrogens (tertiary/aromatic N) is 1. The molecule has 2 aromatic rings. The first-order valence-electron chi connectivity index (χ1n) is 9.07. The molecule has 0 aromatic heterocycles. The van der Waals surface area contributed by atoms with Crippen LogP contribution < -0.4 is 5.32 Å². The Kier molecular flexibility index (Phi) is 6.96. The summed E-state index contributed by atoms with van der Waals surface area (Å²) in [5.41, 5.74) is 2.71. The second-order valence-corrected chi connectivity index (χ2v) is 7.11. The number of nitrogens with one attached hydrogen (secondary N) is 1. The average molecular weight is 352 g/mol. The van der Waals surface area contributed by atoms with E-state index in [-0.39, 0.29) is 24.4 Å². The average Bonchev–Trinajstić information content (AvgIpc) is 2.65. The van der Waals surface area contributed by atoms with E-state index in [9.17, 15) is 9.59 Å². The van der Waals surface area contributed by atoms with Crippen LogP contribution in [0.2, 0.25) is 0 Å². The summed E-state index contributed by atoms with van der Waals surface area (Å²) in [7, 11) is 1.79. The molecule has 0 heterocycles. The third kappa shape index (κ3) is 5.45. The van der Waals surface area contributed by atoms with Crippen molar-refractivity contribution in [3.05, 3.63) is 60.2 Å². The molecule has 0 aliphatic rings. The van der Waals surface area contributed by atoms with Crippen molar-refractivity contribution in [1.82, 2.24) is 10.2 Å². The Bertz CT molecular complexity index is 724. The van der Waals surface area contributed by atoms with Crippen molar-refractivity contribution >= 4 is 11.8 Å². The molecule has 0 spiro atoms. The van der Waals surface area contributed by atoms with Crippen molar-refractivity contribution in [1.29, 1.82) is 0 Å². The summed E-state index contributed by atoms with van der Waals surface area (Å²) in [6, 6.07) is 17.6. The van der Waals surface area contributed by atoms with Crippen LogP contribution in [0.15, 0.2) is 54.6 Å². The Morgan fingerprint density at radius 2 is 1.50 bits per heavy atom. The monoisotopic (exact) mass is 352 g/mol. The van der Waals surface area contributed by atoms with Crippen molar-refractivity contribution in [2.24, 2.45) is 5.92 Å². The largest absolute Gasteiger partial charge is 0.343 e. The molecule has 0 saturated heterocycles. The molecule has 0 bridgehead atoms. The Hall–Kier alpha value is -2.62. The molecule has 0 aliphatic heterocycles. The van der Waals surface area contributed by atoms with Gasteiger partial charge in [-0.2, -0.15) is 0 Å². The summed E-state index contributed by atoms with van der Waals surface area (Å²) in [5.74, 6) is 0.216. The molecule has 1 atom stereocenters. The lowest BCUT2D eigenvalue weighted by Gasteiger charge is -2.26. The second-order valence-electron chi connectivity index (χ2n) is 7.11. The molecule has 2 amide bonds. The van der Waals surface area contributed by atoms with Crippen LogP contribution in [0.1, 0.15) is 37.6 Å². The topological polar surface area (TPSA) is 49.4 Å². The number of amides is 2. The predicted octanol–water partition coefficient (Wildman–Crippen LogP) is 3.98. The van der Waals surface area contributed by atoms with Crippen LogP contribution in [0.3, 0.4) is 0 Å². The quantitative estimate of drug-likeness (QED) is 0.819. The van der Waals surface area contributed by atoms with Gasteiger partial charge in [0.05, 0.1) is 6.54 Å². The number of rotatable bonds is 7. The minimum atomic E-state index is -0.233. The van der Waals surface area contributed by atoms with Gasteiger partial charge in [-0.3, -0.25) is 9.59 Å². The maximum absolute atomic E-state index is 12.3. The van der Waals surface area contributed by atoms with Crippen molar-refractivity contribution in [2.75, 3.05) is 13.6 Å². The first-order valence-corrected chi connectivity index (χ1v) is 9.07. The van der Waals surface area contributed by atoms with E-state index in [1.807, 2.05) is 49.4 Å². The fourth-order valence-electron chi connectivity index (χ4n) is 2.91. The molecule has 0 aliphatic carbocycles. The summed E-state index contributed by atoms with van der Waals surface area (Å²) >= 11 is 0. The van der Waals surface area contributed by atoms with Crippen molar-refractivity contribution in [3.8, 4) is 11.1 Å². The van der Waals surface area contributed by atoms with Crippen molar-refractivity contribution in [2.45, 2.75) is 33.2 Å². The Labute approximate surface area is 156 Å². The summed E-state index contributed by atoms with van der Waals surface area (Å²) in [6.45, 7) is 6.31. The van der Waals surface area contributed by atoms with Gasteiger partial charge in [0.25, 0.3) is 5.91 Å². The van der Waals surface area contributed by atoms with E-state index in [1.165, 1.54) is 0 Å². The van der Waals surface area contributed by atoms with Crippen LogP contribution in [0.25, 0.3) is 11.1 Å². The number of hydrogen-bond donors (Lipinski definition) is 1. The summed E-state index contributed by atoms with van der Waals surface area (Å²) in [6.07, 6.45) is 0.942. The van der Waals surface area contributed by atoms with Gasteiger partial charge in [0, 0.05) is 18.7 Å². The molecule has 2 aromatic carbocycles. The van der Waals surface area contributed by atoms with Crippen LogP contribution in [-0.2, 0) is 4.79 Å². The fourth-order valence-corrected chi connectivity index (χ4v) is 2.91. The molecule has 26 heavy (non-hydrogen) atoms. The Morgan fingerprint density at radius 3 is 2.08 bits per heavy atom. The van der Waals surface area contributed by atoms with Gasteiger partial charge in [-0.05, 0) is 42.5 Å². The van der Waals surface area contributed by atoms with E-state index < -0.39 is 0 Å². The number of likely N-dealkylation sites (N-methyl/N-ethyl adjacent to an activating group) is 1. The van der Waals surface area contributed by atoms with Crippen LogP contribution in [0.5, 0.6) is 0 Å². The third-order valence-electron chi connectivity index (χ3n) is 4.52. The highest BCUT2D eigenvalue weighted by Gasteiger charge is 2.17. The van der Waals surface area contributed by atoms with E-state index in [2.05, 4.69) is 19.2 Å². The van der Waals surface area contributed by atoms with Gasteiger partial charge in [0.1, 0.15) is 0 Å². The van der Waals surface area contributed by atoms with Gasteiger partial charge < -0.3 is 10.2 Å². The second kappa shape index (κ2) is 9.18. The minimum Gasteiger partial charge on any atom is -0.343 e. The minimum absolute atomic E-state index is 0.0121. The molecule has 138 valence electrons. The highest BCUT2D eigenvalue weighted by molar-refractivity contribution is 5.96. The molecule has 0 fully saturated rings. The van der Waals surface area contributed by atoms with Gasteiger partial charge >= 0.3 is 0 Å².